The van der Waals surface area contributed by atoms with Crippen molar-refractivity contribution in [2.24, 2.45) is 0 Å². The minimum atomic E-state index is -4.66. The summed E-state index contributed by atoms with van der Waals surface area (Å²) in [6.07, 6.45) is -4.03. The average Bonchev–Trinajstić information content (AvgIpc) is 2.47. The second-order valence-corrected chi connectivity index (χ2v) is 4.35. The first kappa shape index (κ1) is 15.5. The van der Waals surface area contributed by atoms with Crippen molar-refractivity contribution in [3.05, 3.63) is 63.7 Å². The Balaban J connectivity index is 2.37. The van der Waals surface area contributed by atoms with Crippen LogP contribution in [0, 0.1) is 10.1 Å². The number of alkyl halides is 3. The Morgan fingerprint density at radius 2 is 1.73 bits per heavy atom. The summed E-state index contributed by atoms with van der Waals surface area (Å²) in [5.74, 6) is 0. The van der Waals surface area contributed by atoms with Crippen molar-refractivity contribution < 1.29 is 22.9 Å². The number of nitro benzene ring substituents is 1. The molecule has 0 saturated heterocycles. The number of hydrogen-bond donors (Lipinski definition) is 1. The lowest BCUT2D eigenvalue weighted by atomic mass is 10.1. The van der Waals surface area contributed by atoms with Crippen LogP contribution in [0.3, 0.4) is 0 Å². The zero-order valence-corrected chi connectivity index (χ0v) is 10.9. The molecule has 0 atom stereocenters. The molecule has 0 radical (unpaired) electrons. The molecule has 0 bridgehead atoms. The van der Waals surface area contributed by atoms with Crippen molar-refractivity contribution in [1.29, 1.82) is 0 Å². The van der Waals surface area contributed by atoms with E-state index in [1.807, 2.05) is 0 Å². The highest BCUT2D eigenvalue weighted by Gasteiger charge is 2.33. The predicted molar refractivity (Wildman–Crippen MR) is 73.2 cm³/mol. The van der Waals surface area contributed by atoms with E-state index in [1.54, 1.807) is 0 Å². The van der Waals surface area contributed by atoms with E-state index in [-0.39, 0.29) is 5.69 Å². The van der Waals surface area contributed by atoms with Gasteiger partial charge in [0.25, 0.3) is 5.69 Å². The van der Waals surface area contributed by atoms with Gasteiger partial charge in [-0.05, 0) is 36.4 Å². The molecule has 0 aliphatic heterocycles. The minimum absolute atomic E-state index is 0.0724. The number of aldehydes is 1. The van der Waals surface area contributed by atoms with Gasteiger partial charge in [-0.15, -0.1) is 0 Å². The Labute approximate surface area is 122 Å². The topological polar surface area (TPSA) is 72.2 Å². The van der Waals surface area contributed by atoms with Gasteiger partial charge in [-0.1, -0.05) is 0 Å². The molecule has 5 nitrogen and oxygen atoms in total. The van der Waals surface area contributed by atoms with Crippen molar-refractivity contribution in [2.45, 2.75) is 6.18 Å². The zero-order chi connectivity index (χ0) is 16.3. The molecule has 0 fully saturated rings. The van der Waals surface area contributed by atoms with Crippen LogP contribution in [0.2, 0.25) is 0 Å². The van der Waals surface area contributed by atoms with Gasteiger partial charge in [0.1, 0.15) is 12.0 Å². The summed E-state index contributed by atoms with van der Waals surface area (Å²) in [5, 5.41) is 13.6. The molecule has 0 heterocycles. The smallest absolute Gasteiger partial charge is 0.350 e. The normalized spacial score (nSPS) is 11.0. The second-order valence-electron chi connectivity index (χ2n) is 4.35. The van der Waals surface area contributed by atoms with Crippen LogP contribution in [-0.4, -0.2) is 11.2 Å². The number of nitro groups is 1. The standard InChI is InChI=1S/C14H9F3N2O3/c15-14(16,17)10-3-6-12(13(7-10)19(21)22)18-11-4-1-9(8-20)2-5-11/h1-8,18H. The number of carbonyl (C=O) groups is 1. The highest BCUT2D eigenvalue weighted by atomic mass is 19.4. The molecule has 2 aromatic carbocycles. The Bertz CT molecular complexity index is 712. The maximum absolute atomic E-state index is 12.6. The summed E-state index contributed by atoms with van der Waals surface area (Å²) in [7, 11) is 0. The van der Waals surface area contributed by atoms with Crippen LogP contribution in [-0.2, 0) is 6.18 Å². The molecule has 22 heavy (non-hydrogen) atoms. The molecular formula is C14H9F3N2O3. The summed E-state index contributed by atoms with van der Waals surface area (Å²) >= 11 is 0. The van der Waals surface area contributed by atoms with Gasteiger partial charge < -0.3 is 5.32 Å². The number of carbonyl (C=O) groups excluding carboxylic acids is 1. The number of benzene rings is 2. The summed E-state index contributed by atoms with van der Waals surface area (Å²) in [4.78, 5) is 20.6. The van der Waals surface area contributed by atoms with Gasteiger partial charge in [0.2, 0.25) is 0 Å². The van der Waals surface area contributed by atoms with Crippen molar-refractivity contribution in [3.63, 3.8) is 0 Å². The molecule has 0 saturated carbocycles. The number of anilines is 2. The minimum Gasteiger partial charge on any atom is -0.350 e. The molecular weight excluding hydrogens is 301 g/mol. The Morgan fingerprint density at radius 3 is 2.23 bits per heavy atom. The molecule has 8 heteroatoms. The van der Waals surface area contributed by atoms with Gasteiger partial charge in [0.05, 0.1) is 10.5 Å². The van der Waals surface area contributed by atoms with Crippen LogP contribution in [0.25, 0.3) is 0 Å². The predicted octanol–water partition coefficient (Wildman–Crippen LogP) is 4.17. The van der Waals surface area contributed by atoms with Gasteiger partial charge in [0, 0.05) is 17.3 Å². The van der Waals surface area contributed by atoms with Crippen molar-refractivity contribution >= 4 is 23.3 Å². The van der Waals surface area contributed by atoms with Gasteiger partial charge in [-0.3, -0.25) is 14.9 Å². The SMILES string of the molecule is O=Cc1ccc(Nc2ccc(C(F)(F)F)cc2[N+](=O)[O-])cc1. The number of nitrogens with one attached hydrogen (secondary N) is 1. The molecule has 0 spiro atoms. The van der Waals surface area contributed by atoms with Gasteiger partial charge >= 0.3 is 6.18 Å². The number of hydrogen-bond acceptors (Lipinski definition) is 4. The first-order chi connectivity index (χ1) is 10.3. The zero-order valence-electron chi connectivity index (χ0n) is 10.9. The molecule has 1 N–H and O–H groups in total. The Kier molecular flexibility index (Phi) is 4.11. The van der Waals surface area contributed by atoms with E-state index < -0.39 is 22.4 Å². The van der Waals surface area contributed by atoms with E-state index >= 15 is 0 Å². The van der Waals surface area contributed by atoms with Crippen LogP contribution in [0.15, 0.2) is 42.5 Å². The average molecular weight is 310 g/mol. The van der Waals surface area contributed by atoms with E-state index in [0.29, 0.717) is 23.6 Å². The monoisotopic (exact) mass is 310 g/mol. The van der Waals surface area contributed by atoms with E-state index in [1.165, 1.54) is 24.3 Å². The highest BCUT2D eigenvalue weighted by molar-refractivity contribution is 5.77. The van der Waals surface area contributed by atoms with Gasteiger partial charge in [-0.2, -0.15) is 13.2 Å². The van der Waals surface area contributed by atoms with Gasteiger partial charge in [0.15, 0.2) is 0 Å². The summed E-state index contributed by atoms with van der Waals surface area (Å²) in [5.41, 5.74) is -1.03. The molecule has 0 aliphatic rings. The van der Waals surface area contributed by atoms with Crippen LogP contribution >= 0.6 is 0 Å². The van der Waals surface area contributed by atoms with E-state index in [2.05, 4.69) is 5.32 Å². The number of halogens is 3. The second kappa shape index (κ2) is 5.84. The molecule has 0 aliphatic carbocycles. The van der Waals surface area contributed by atoms with Crippen molar-refractivity contribution in [1.82, 2.24) is 0 Å². The largest absolute Gasteiger partial charge is 0.416 e. The summed E-state index contributed by atoms with van der Waals surface area (Å²) in [6.45, 7) is 0. The molecule has 0 unspecified atom stereocenters. The number of nitrogens with zero attached hydrogens (tertiary/aromatic N) is 1. The van der Waals surface area contributed by atoms with Gasteiger partial charge in [-0.25, -0.2) is 0 Å². The fraction of sp³-hybridized carbons (Fsp3) is 0.0714. The molecule has 2 aromatic rings. The van der Waals surface area contributed by atoms with E-state index in [0.717, 1.165) is 12.1 Å². The molecule has 2 rings (SSSR count). The third kappa shape index (κ3) is 3.40. The molecule has 0 aromatic heterocycles. The lowest BCUT2D eigenvalue weighted by Crippen LogP contribution is -2.06. The third-order valence-corrected chi connectivity index (χ3v) is 2.85. The van der Waals surface area contributed by atoms with E-state index in [4.69, 9.17) is 0 Å². The molecule has 114 valence electrons. The molecule has 0 amide bonds. The quantitative estimate of drug-likeness (QED) is 0.522. The van der Waals surface area contributed by atoms with Crippen LogP contribution in [0.1, 0.15) is 15.9 Å². The van der Waals surface area contributed by atoms with Crippen molar-refractivity contribution in [3.8, 4) is 0 Å². The summed E-state index contributed by atoms with van der Waals surface area (Å²) < 4.78 is 37.8. The van der Waals surface area contributed by atoms with Crippen LogP contribution < -0.4 is 5.32 Å². The first-order valence-electron chi connectivity index (χ1n) is 5.99. The number of rotatable bonds is 4. The maximum Gasteiger partial charge on any atom is 0.416 e. The van der Waals surface area contributed by atoms with Crippen molar-refractivity contribution in [2.75, 3.05) is 5.32 Å². The lowest BCUT2D eigenvalue weighted by Gasteiger charge is -2.10. The highest BCUT2D eigenvalue weighted by Crippen LogP contribution is 2.35. The fourth-order valence-electron chi connectivity index (χ4n) is 1.77. The maximum atomic E-state index is 12.6. The van der Waals surface area contributed by atoms with Crippen LogP contribution in [0.4, 0.5) is 30.2 Å². The van der Waals surface area contributed by atoms with E-state index in [9.17, 15) is 28.1 Å². The first-order valence-corrected chi connectivity index (χ1v) is 5.99. The Hall–Kier alpha value is -2.90. The van der Waals surface area contributed by atoms with Crippen LogP contribution in [0.5, 0.6) is 0 Å². The third-order valence-electron chi connectivity index (χ3n) is 2.85. The fourth-order valence-corrected chi connectivity index (χ4v) is 1.77. The Morgan fingerprint density at radius 1 is 1.09 bits per heavy atom. The summed E-state index contributed by atoms with van der Waals surface area (Å²) in [6, 6.07) is 8.17. The lowest BCUT2D eigenvalue weighted by molar-refractivity contribution is -0.384.